The Morgan fingerprint density at radius 3 is 2.50 bits per heavy atom. The Labute approximate surface area is 154 Å². The molecule has 1 unspecified atom stereocenters. The van der Waals surface area contributed by atoms with Crippen molar-refractivity contribution < 1.29 is 14.0 Å². The lowest BCUT2D eigenvalue weighted by molar-refractivity contribution is 0.0936. The molecule has 140 valence electrons. The molecule has 6 heteroatoms. The van der Waals surface area contributed by atoms with Crippen molar-refractivity contribution in [1.82, 2.24) is 10.2 Å². The minimum atomic E-state index is -0.342. The van der Waals surface area contributed by atoms with Crippen molar-refractivity contribution in [2.24, 2.45) is 0 Å². The van der Waals surface area contributed by atoms with Crippen molar-refractivity contribution in [1.29, 1.82) is 0 Å². The fourth-order valence-corrected chi connectivity index (χ4v) is 2.81. The molecule has 1 aromatic carbocycles. The van der Waals surface area contributed by atoms with Gasteiger partial charge >= 0.3 is 0 Å². The third kappa shape index (κ3) is 4.95. The quantitative estimate of drug-likeness (QED) is 0.760. The number of rotatable bonds is 8. The highest BCUT2D eigenvalue weighted by atomic mass is 16.3. The van der Waals surface area contributed by atoms with Crippen LogP contribution in [0.4, 0.5) is 5.69 Å². The summed E-state index contributed by atoms with van der Waals surface area (Å²) in [5.41, 5.74) is 1.98. The fourth-order valence-electron chi connectivity index (χ4n) is 2.81. The van der Waals surface area contributed by atoms with E-state index in [1.807, 2.05) is 13.0 Å². The van der Waals surface area contributed by atoms with Gasteiger partial charge in [0, 0.05) is 23.8 Å². The van der Waals surface area contributed by atoms with Crippen LogP contribution < -0.4 is 10.6 Å². The van der Waals surface area contributed by atoms with E-state index in [2.05, 4.69) is 36.3 Å². The Bertz CT molecular complexity index is 737. The van der Waals surface area contributed by atoms with Crippen LogP contribution in [0.5, 0.6) is 0 Å². The number of nitrogens with zero attached hydrogens (tertiary/aromatic N) is 1. The molecular formula is C20H27N3O3. The Kier molecular flexibility index (Phi) is 6.97. The maximum atomic E-state index is 12.5. The van der Waals surface area contributed by atoms with E-state index < -0.39 is 0 Å². The van der Waals surface area contributed by atoms with Crippen LogP contribution in [-0.4, -0.2) is 42.4 Å². The Morgan fingerprint density at radius 2 is 1.88 bits per heavy atom. The molecule has 2 rings (SSSR count). The first-order valence-corrected chi connectivity index (χ1v) is 8.94. The van der Waals surface area contributed by atoms with Crippen molar-refractivity contribution in [2.45, 2.75) is 33.7 Å². The number of carbonyl (C=O) groups is 2. The van der Waals surface area contributed by atoms with E-state index >= 15 is 0 Å². The van der Waals surface area contributed by atoms with Gasteiger partial charge in [0.2, 0.25) is 0 Å². The summed E-state index contributed by atoms with van der Waals surface area (Å²) in [4.78, 5) is 26.9. The largest absolute Gasteiger partial charge is 0.459 e. The van der Waals surface area contributed by atoms with Gasteiger partial charge in [-0.15, -0.1) is 0 Å². The minimum Gasteiger partial charge on any atom is -0.459 e. The van der Waals surface area contributed by atoms with Crippen LogP contribution in [0.3, 0.4) is 0 Å². The van der Waals surface area contributed by atoms with Gasteiger partial charge in [0.1, 0.15) is 0 Å². The van der Waals surface area contributed by atoms with Crippen LogP contribution >= 0.6 is 0 Å². The first-order valence-electron chi connectivity index (χ1n) is 8.94. The summed E-state index contributed by atoms with van der Waals surface area (Å²) >= 11 is 0. The Morgan fingerprint density at radius 1 is 1.15 bits per heavy atom. The average molecular weight is 357 g/mol. The first-order chi connectivity index (χ1) is 12.5. The van der Waals surface area contributed by atoms with Crippen LogP contribution in [0, 0.1) is 6.92 Å². The summed E-state index contributed by atoms with van der Waals surface area (Å²) in [6.45, 7) is 10.6. The molecule has 0 radical (unpaired) electrons. The number of hydrogen-bond acceptors (Lipinski definition) is 4. The second-order valence-electron chi connectivity index (χ2n) is 6.24. The lowest BCUT2D eigenvalue weighted by atomic mass is 10.1. The van der Waals surface area contributed by atoms with E-state index in [1.165, 1.54) is 6.26 Å². The third-order valence-corrected chi connectivity index (χ3v) is 4.49. The molecule has 6 nitrogen and oxygen atoms in total. The molecule has 2 N–H and O–H groups in total. The predicted molar refractivity (Wildman–Crippen MR) is 103 cm³/mol. The number of benzene rings is 1. The van der Waals surface area contributed by atoms with Gasteiger partial charge in [0.05, 0.1) is 6.26 Å². The number of aryl methyl sites for hydroxylation is 1. The van der Waals surface area contributed by atoms with Crippen LogP contribution in [0.2, 0.25) is 0 Å². The molecule has 2 aromatic rings. The molecule has 0 saturated heterocycles. The number of likely N-dealkylation sites (N-methyl/N-ethyl adjacent to an activating group) is 1. The summed E-state index contributed by atoms with van der Waals surface area (Å²) in [5.74, 6) is -0.268. The van der Waals surface area contributed by atoms with Crippen LogP contribution in [0.1, 0.15) is 47.2 Å². The van der Waals surface area contributed by atoms with Gasteiger partial charge in [-0.3, -0.25) is 14.5 Å². The summed E-state index contributed by atoms with van der Waals surface area (Å²) < 4.78 is 5.10. The van der Waals surface area contributed by atoms with Crippen LogP contribution in [-0.2, 0) is 0 Å². The lowest BCUT2D eigenvalue weighted by Gasteiger charge is -2.26. The number of nitrogens with one attached hydrogen (secondary N) is 2. The van der Waals surface area contributed by atoms with Gasteiger partial charge in [-0.25, -0.2) is 0 Å². The van der Waals surface area contributed by atoms with Gasteiger partial charge in [-0.1, -0.05) is 19.9 Å². The molecule has 0 aliphatic rings. The smallest absolute Gasteiger partial charge is 0.291 e. The molecule has 0 saturated carbocycles. The first kappa shape index (κ1) is 19.7. The maximum Gasteiger partial charge on any atom is 0.291 e. The SMILES string of the molecule is CCN(CC)C(C)CNC(=O)c1ccc(C)c(NC(=O)c2ccco2)c1. The van der Waals surface area contributed by atoms with Gasteiger partial charge in [0.15, 0.2) is 5.76 Å². The number of amides is 2. The lowest BCUT2D eigenvalue weighted by Crippen LogP contribution is -2.42. The van der Waals surface area contributed by atoms with Crippen molar-refractivity contribution in [3.8, 4) is 0 Å². The number of furan rings is 1. The molecule has 0 fully saturated rings. The fraction of sp³-hybridized carbons (Fsp3) is 0.400. The summed E-state index contributed by atoms with van der Waals surface area (Å²) in [6.07, 6.45) is 1.45. The highest BCUT2D eigenvalue weighted by Gasteiger charge is 2.15. The van der Waals surface area contributed by atoms with Crippen LogP contribution in [0.15, 0.2) is 41.0 Å². The topological polar surface area (TPSA) is 74.6 Å². The van der Waals surface area contributed by atoms with Crippen molar-refractivity contribution in [2.75, 3.05) is 25.0 Å². The predicted octanol–water partition coefficient (Wildman–Crippen LogP) is 3.30. The second-order valence-corrected chi connectivity index (χ2v) is 6.24. The zero-order valence-corrected chi connectivity index (χ0v) is 15.8. The van der Waals surface area contributed by atoms with E-state index in [9.17, 15) is 9.59 Å². The monoisotopic (exact) mass is 357 g/mol. The van der Waals surface area contributed by atoms with E-state index in [0.717, 1.165) is 18.7 Å². The summed E-state index contributed by atoms with van der Waals surface area (Å²) in [7, 11) is 0. The van der Waals surface area contributed by atoms with E-state index in [-0.39, 0.29) is 23.6 Å². The molecule has 0 bridgehead atoms. The van der Waals surface area contributed by atoms with Crippen LogP contribution in [0.25, 0.3) is 0 Å². The van der Waals surface area contributed by atoms with Gasteiger partial charge in [0.25, 0.3) is 11.8 Å². The molecular weight excluding hydrogens is 330 g/mol. The van der Waals surface area contributed by atoms with Gasteiger partial charge in [-0.05, 0) is 56.8 Å². The molecule has 1 atom stereocenters. The van der Waals surface area contributed by atoms with Crippen molar-refractivity contribution in [3.63, 3.8) is 0 Å². The van der Waals surface area contributed by atoms with Crippen molar-refractivity contribution in [3.05, 3.63) is 53.5 Å². The average Bonchev–Trinajstić information content (AvgIpc) is 3.17. The molecule has 26 heavy (non-hydrogen) atoms. The molecule has 0 spiro atoms. The Hall–Kier alpha value is -2.60. The Balaban J connectivity index is 2.03. The summed E-state index contributed by atoms with van der Waals surface area (Å²) in [5, 5.41) is 5.75. The zero-order valence-electron chi connectivity index (χ0n) is 15.8. The highest BCUT2D eigenvalue weighted by molar-refractivity contribution is 6.03. The zero-order chi connectivity index (χ0) is 19.1. The van der Waals surface area contributed by atoms with E-state index in [4.69, 9.17) is 4.42 Å². The number of carbonyl (C=O) groups excluding carboxylic acids is 2. The van der Waals surface area contributed by atoms with Gasteiger partial charge < -0.3 is 15.1 Å². The second kappa shape index (κ2) is 9.20. The standard InChI is InChI=1S/C20H27N3O3/c1-5-23(6-2)15(4)13-21-19(24)16-10-9-14(3)17(12-16)22-20(25)18-8-7-11-26-18/h7-12,15H,5-6,13H2,1-4H3,(H,21,24)(H,22,25). The van der Waals surface area contributed by atoms with Gasteiger partial charge in [-0.2, -0.15) is 0 Å². The number of anilines is 1. The van der Waals surface area contributed by atoms with Crippen molar-refractivity contribution >= 4 is 17.5 Å². The molecule has 0 aliphatic heterocycles. The van der Waals surface area contributed by atoms with E-state index in [0.29, 0.717) is 17.8 Å². The molecule has 2 amide bonds. The molecule has 1 aromatic heterocycles. The normalized spacial score (nSPS) is 12.0. The van der Waals surface area contributed by atoms with E-state index in [1.54, 1.807) is 24.3 Å². The molecule has 1 heterocycles. The summed E-state index contributed by atoms with van der Waals surface area (Å²) in [6, 6.07) is 8.78. The molecule has 0 aliphatic carbocycles. The third-order valence-electron chi connectivity index (χ3n) is 4.49. The number of hydrogen-bond donors (Lipinski definition) is 2. The minimum absolute atomic E-state index is 0.155. The highest BCUT2D eigenvalue weighted by Crippen LogP contribution is 2.18. The maximum absolute atomic E-state index is 12.5.